The van der Waals surface area contributed by atoms with Gasteiger partial charge in [-0.05, 0) is 25.8 Å². The minimum absolute atomic E-state index is 0.226. The second kappa shape index (κ2) is 9.95. The van der Waals surface area contributed by atoms with Crippen LogP contribution in [0.5, 0.6) is 0 Å². The zero-order chi connectivity index (χ0) is 16.4. The summed E-state index contributed by atoms with van der Waals surface area (Å²) in [5.74, 6) is -0.707. The topological polar surface area (TPSA) is 64.6 Å². The highest BCUT2D eigenvalue weighted by Gasteiger charge is 2.24. The van der Waals surface area contributed by atoms with Crippen LogP contribution in [0.15, 0.2) is 30.3 Å². The summed E-state index contributed by atoms with van der Waals surface area (Å²) in [6, 6.07) is 8.43. The van der Waals surface area contributed by atoms with Gasteiger partial charge in [0.05, 0.1) is 6.61 Å². The van der Waals surface area contributed by atoms with E-state index in [-0.39, 0.29) is 18.5 Å². The lowest BCUT2D eigenvalue weighted by Crippen LogP contribution is -2.46. The second-order valence-corrected chi connectivity index (χ2v) is 5.07. The molecule has 0 unspecified atom stereocenters. The van der Waals surface area contributed by atoms with Gasteiger partial charge in [0.1, 0.15) is 18.7 Å². The fourth-order valence-corrected chi connectivity index (χ4v) is 2.02. The smallest absolute Gasteiger partial charge is 0.323 e. The quantitative estimate of drug-likeness (QED) is 0.710. The minimum atomic E-state index is -0.565. The lowest BCUT2D eigenvalue weighted by molar-refractivity contribution is -0.149. The fourth-order valence-electron chi connectivity index (χ4n) is 2.02. The molecule has 22 heavy (non-hydrogen) atoms. The average Bonchev–Trinajstić information content (AvgIpc) is 2.53. The lowest BCUT2D eigenvalue weighted by atomic mass is 10.1. The van der Waals surface area contributed by atoms with Crippen LogP contribution in [0.4, 0.5) is 0 Å². The molecule has 1 N–H and O–H groups in total. The third-order valence-electron chi connectivity index (χ3n) is 3.18. The van der Waals surface area contributed by atoms with Gasteiger partial charge in [-0.15, -0.1) is 0 Å². The van der Waals surface area contributed by atoms with E-state index in [0.29, 0.717) is 13.0 Å². The normalized spacial score (nSPS) is 13.2. The van der Waals surface area contributed by atoms with Gasteiger partial charge in [0.2, 0.25) is 0 Å². The number of benzene rings is 1. The molecule has 0 radical (unpaired) electrons. The maximum Gasteiger partial charge on any atom is 0.323 e. The first-order valence-corrected chi connectivity index (χ1v) is 7.71. The molecule has 5 nitrogen and oxygen atoms in total. The summed E-state index contributed by atoms with van der Waals surface area (Å²) in [7, 11) is 0. The molecule has 5 heteroatoms. The number of nitrogens with one attached hydrogen (secondary N) is 1. The van der Waals surface area contributed by atoms with Crippen LogP contribution < -0.4 is 5.32 Å². The van der Waals surface area contributed by atoms with Crippen molar-refractivity contribution in [3.05, 3.63) is 35.9 Å². The molecular formula is C17H25NO4. The monoisotopic (exact) mass is 307 g/mol. The van der Waals surface area contributed by atoms with Crippen LogP contribution in [0.2, 0.25) is 0 Å². The summed E-state index contributed by atoms with van der Waals surface area (Å²) >= 11 is 0. The molecule has 0 fully saturated rings. The molecule has 2 atom stereocenters. The van der Waals surface area contributed by atoms with Crippen molar-refractivity contribution < 1.29 is 19.1 Å². The molecule has 0 amide bonds. The Hall–Kier alpha value is -1.88. The van der Waals surface area contributed by atoms with Crippen LogP contribution in [-0.2, 0) is 25.7 Å². The van der Waals surface area contributed by atoms with E-state index in [1.54, 1.807) is 13.8 Å². The van der Waals surface area contributed by atoms with E-state index in [1.165, 1.54) is 0 Å². The van der Waals surface area contributed by atoms with E-state index < -0.39 is 12.1 Å². The summed E-state index contributed by atoms with van der Waals surface area (Å²) in [4.78, 5) is 23.8. The number of carbonyl (C=O) groups excluding carboxylic acids is 2. The zero-order valence-electron chi connectivity index (χ0n) is 13.5. The molecule has 0 heterocycles. The molecule has 0 aliphatic heterocycles. The van der Waals surface area contributed by atoms with Gasteiger partial charge >= 0.3 is 11.9 Å². The van der Waals surface area contributed by atoms with Crippen molar-refractivity contribution in [2.24, 2.45) is 0 Å². The lowest BCUT2D eigenvalue weighted by Gasteiger charge is -2.20. The first-order valence-electron chi connectivity index (χ1n) is 7.71. The molecule has 0 aromatic heterocycles. The maximum atomic E-state index is 12.0. The van der Waals surface area contributed by atoms with Crippen LogP contribution in [0.1, 0.15) is 39.2 Å². The molecule has 0 spiro atoms. The number of hydrogen-bond donors (Lipinski definition) is 1. The molecule has 0 saturated carbocycles. The fraction of sp³-hybridized carbons (Fsp3) is 0.529. The SMILES string of the molecule is CCC[C@H](N[C@@H](C)C(=O)OCc1ccccc1)C(=O)OCC. The van der Waals surface area contributed by atoms with Crippen LogP contribution in [0, 0.1) is 0 Å². The van der Waals surface area contributed by atoms with Crippen LogP contribution in [0.25, 0.3) is 0 Å². The Morgan fingerprint density at radius 3 is 2.36 bits per heavy atom. The van der Waals surface area contributed by atoms with Gasteiger partial charge in [-0.2, -0.15) is 0 Å². The molecule has 0 saturated heterocycles. The van der Waals surface area contributed by atoms with Gasteiger partial charge in [-0.3, -0.25) is 14.9 Å². The van der Waals surface area contributed by atoms with Crippen molar-refractivity contribution in [1.29, 1.82) is 0 Å². The highest BCUT2D eigenvalue weighted by Crippen LogP contribution is 2.05. The number of hydrogen-bond acceptors (Lipinski definition) is 5. The van der Waals surface area contributed by atoms with Crippen molar-refractivity contribution in [2.45, 2.75) is 52.3 Å². The van der Waals surface area contributed by atoms with E-state index >= 15 is 0 Å². The number of rotatable bonds is 9. The first kappa shape index (κ1) is 18.2. The number of esters is 2. The Kier molecular flexibility index (Phi) is 8.22. The largest absolute Gasteiger partial charge is 0.465 e. The van der Waals surface area contributed by atoms with Crippen molar-refractivity contribution in [2.75, 3.05) is 6.61 Å². The third-order valence-corrected chi connectivity index (χ3v) is 3.18. The van der Waals surface area contributed by atoms with Gasteiger partial charge in [0.15, 0.2) is 0 Å². The van der Waals surface area contributed by atoms with Gasteiger partial charge < -0.3 is 9.47 Å². The van der Waals surface area contributed by atoms with E-state index in [1.807, 2.05) is 37.3 Å². The van der Waals surface area contributed by atoms with Crippen LogP contribution >= 0.6 is 0 Å². The maximum absolute atomic E-state index is 12.0. The number of carbonyl (C=O) groups is 2. The highest BCUT2D eigenvalue weighted by molar-refractivity contribution is 5.79. The van der Waals surface area contributed by atoms with Gasteiger partial charge in [-0.1, -0.05) is 43.7 Å². The van der Waals surface area contributed by atoms with Crippen molar-refractivity contribution in [3.63, 3.8) is 0 Å². The predicted octanol–water partition coefficient (Wildman–Crippen LogP) is 2.44. The van der Waals surface area contributed by atoms with Crippen LogP contribution in [-0.4, -0.2) is 30.6 Å². The van der Waals surface area contributed by atoms with E-state index in [9.17, 15) is 9.59 Å². The molecule has 1 aromatic carbocycles. The highest BCUT2D eigenvalue weighted by atomic mass is 16.5. The van der Waals surface area contributed by atoms with Crippen molar-refractivity contribution in [3.8, 4) is 0 Å². The summed E-state index contributed by atoms with van der Waals surface area (Å²) < 4.78 is 10.3. The molecule has 0 aliphatic rings. The predicted molar refractivity (Wildman–Crippen MR) is 84.2 cm³/mol. The standard InChI is InChI=1S/C17H25NO4/c1-4-9-15(17(20)21-5-2)18-13(3)16(19)22-12-14-10-7-6-8-11-14/h6-8,10-11,13,15,18H,4-5,9,12H2,1-3H3/t13-,15-/m0/s1. The zero-order valence-corrected chi connectivity index (χ0v) is 13.5. The van der Waals surface area contributed by atoms with Gasteiger partial charge in [0.25, 0.3) is 0 Å². The number of ether oxygens (including phenoxy) is 2. The Morgan fingerprint density at radius 2 is 1.77 bits per heavy atom. The van der Waals surface area contributed by atoms with Crippen molar-refractivity contribution >= 4 is 11.9 Å². The second-order valence-electron chi connectivity index (χ2n) is 5.07. The summed E-state index contributed by atoms with van der Waals surface area (Å²) in [6.07, 6.45) is 1.44. The first-order chi connectivity index (χ1) is 10.6. The molecule has 0 aliphatic carbocycles. The molecule has 1 rings (SSSR count). The minimum Gasteiger partial charge on any atom is -0.465 e. The van der Waals surface area contributed by atoms with E-state index in [0.717, 1.165) is 12.0 Å². The Morgan fingerprint density at radius 1 is 1.09 bits per heavy atom. The Balaban J connectivity index is 2.48. The summed E-state index contributed by atoms with van der Waals surface area (Å²) in [5.41, 5.74) is 0.929. The summed E-state index contributed by atoms with van der Waals surface area (Å²) in [5, 5.41) is 2.99. The molecule has 0 bridgehead atoms. The molecular weight excluding hydrogens is 282 g/mol. The Labute approximate surface area is 132 Å². The molecule has 122 valence electrons. The third kappa shape index (κ3) is 6.26. The van der Waals surface area contributed by atoms with E-state index in [4.69, 9.17) is 9.47 Å². The van der Waals surface area contributed by atoms with E-state index in [2.05, 4.69) is 5.32 Å². The van der Waals surface area contributed by atoms with Crippen molar-refractivity contribution in [1.82, 2.24) is 5.32 Å². The van der Waals surface area contributed by atoms with Gasteiger partial charge in [-0.25, -0.2) is 0 Å². The summed E-state index contributed by atoms with van der Waals surface area (Å²) in [6.45, 7) is 5.98. The molecule has 1 aromatic rings. The average molecular weight is 307 g/mol. The Bertz CT molecular complexity index is 461. The van der Waals surface area contributed by atoms with Crippen LogP contribution in [0.3, 0.4) is 0 Å². The van der Waals surface area contributed by atoms with Gasteiger partial charge in [0, 0.05) is 0 Å².